The Morgan fingerprint density at radius 2 is 1.72 bits per heavy atom. The molecule has 0 saturated heterocycles. The summed E-state index contributed by atoms with van der Waals surface area (Å²) in [6, 6.07) is 12.9. The lowest BCUT2D eigenvalue weighted by atomic mass is 9.92. The van der Waals surface area contributed by atoms with Gasteiger partial charge in [0, 0.05) is 12.3 Å². The summed E-state index contributed by atoms with van der Waals surface area (Å²) in [4.78, 5) is 23.7. The van der Waals surface area contributed by atoms with Gasteiger partial charge in [-0.3, -0.25) is 4.79 Å². The fourth-order valence-electron chi connectivity index (χ4n) is 3.09. The molecule has 3 aromatic rings. The Morgan fingerprint density at radius 1 is 1.04 bits per heavy atom. The number of benzene rings is 2. The molecule has 4 heteroatoms. The maximum absolute atomic E-state index is 12.6. The van der Waals surface area contributed by atoms with Crippen LogP contribution in [-0.4, -0.2) is 5.97 Å². The average molecular weight is 336 g/mol. The van der Waals surface area contributed by atoms with E-state index in [1.54, 1.807) is 18.2 Å². The molecule has 0 amide bonds. The molecular weight excluding hydrogens is 316 g/mol. The third kappa shape index (κ3) is 3.33. The Kier molecular flexibility index (Phi) is 4.70. The van der Waals surface area contributed by atoms with Crippen molar-refractivity contribution in [3.05, 3.63) is 64.0 Å². The monoisotopic (exact) mass is 336 g/mol. The molecular formula is C21H20O4. The first kappa shape index (κ1) is 17.0. The van der Waals surface area contributed by atoms with E-state index < -0.39 is 0 Å². The topological polar surface area (TPSA) is 56.5 Å². The maximum Gasteiger partial charge on any atom is 0.344 e. The summed E-state index contributed by atoms with van der Waals surface area (Å²) in [5.41, 5.74) is 3.83. The van der Waals surface area contributed by atoms with Crippen molar-refractivity contribution in [3.8, 4) is 16.9 Å². The van der Waals surface area contributed by atoms with Crippen molar-refractivity contribution in [1.29, 1.82) is 0 Å². The van der Waals surface area contributed by atoms with Crippen molar-refractivity contribution in [2.75, 3.05) is 0 Å². The normalized spacial score (nSPS) is 10.8. The summed E-state index contributed by atoms with van der Waals surface area (Å²) < 4.78 is 10.6. The van der Waals surface area contributed by atoms with Gasteiger partial charge < -0.3 is 9.15 Å². The number of ether oxygens (including phenoxy) is 1. The van der Waals surface area contributed by atoms with E-state index in [2.05, 4.69) is 13.8 Å². The Labute approximate surface area is 146 Å². The van der Waals surface area contributed by atoms with E-state index in [0.29, 0.717) is 16.9 Å². The standard InChI is InChI=1S/C21H20O4/c1-4-14-7-6-8-15(5-2)20(14)18-12-16-11-17(24-13(3)22)9-10-19(16)25-21(18)23/h6-12H,4-5H2,1-3H3. The van der Waals surface area contributed by atoms with Gasteiger partial charge in [-0.05, 0) is 53.8 Å². The van der Waals surface area contributed by atoms with Crippen molar-refractivity contribution in [2.45, 2.75) is 33.6 Å². The van der Waals surface area contributed by atoms with Crippen LogP contribution in [0, 0.1) is 0 Å². The van der Waals surface area contributed by atoms with Crippen molar-refractivity contribution >= 4 is 16.9 Å². The van der Waals surface area contributed by atoms with Gasteiger partial charge in [0.05, 0.1) is 5.56 Å². The second-order valence-electron chi connectivity index (χ2n) is 5.90. The highest BCUT2D eigenvalue weighted by atomic mass is 16.5. The molecule has 0 saturated carbocycles. The summed E-state index contributed by atoms with van der Waals surface area (Å²) >= 11 is 0. The zero-order chi connectivity index (χ0) is 18.0. The number of carbonyl (C=O) groups is 1. The zero-order valence-electron chi connectivity index (χ0n) is 14.6. The summed E-state index contributed by atoms with van der Waals surface area (Å²) in [6.45, 7) is 5.49. The van der Waals surface area contributed by atoms with Crippen LogP contribution in [0.25, 0.3) is 22.1 Å². The minimum Gasteiger partial charge on any atom is -0.427 e. The maximum atomic E-state index is 12.6. The molecule has 0 radical (unpaired) electrons. The van der Waals surface area contributed by atoms with Crippen molar-refractivity contribution < 1.29 is 13.9 Å². The minimum atomic E-state index is -0.387. The van der Waals surface area contributed by atoms with Crippen LogP contribution >= 0.6 is 0 Å². The van der Waals surface area contributed by atoms with E-state index in [1.165, 1.54) is 6.92 Å². The first-order chi connectivity index (χ1) is 12.0. The van der Waals surface area contributed by atoms with Crippen LogP contribution in [0.4, 0.5) is 0 Å². The smallest absolute Gasteiger partial charge is 0.344 e. The van der Waals surface area contributed by atoms with Gasteiger partial charge in [0.1, 0.15) is 11.3 Å². The summed E-state index contributed by atoms with van der Waals surface area (Å²) in [6.07, 6.45) is 1.66. The lowest BCUT2D eigenvalue weighted by molar-refractivity contribution is -0.131. The number of esters is 1. The molecule has 4 nitrogen and oxygen atoms in total. The molecule has 1 aromatic heterocycles. The van der Waals surface area contributed by atoms with Gasteiger partial charge in [0.25, 0.3) is 0 Å². The van der Waals surface area contributed by atoms with Crippen LogP contribution in [0.5, 0.6) is 5.75 Å². The quantitative estimate of drug-likeness (QED) is 0.399. The third-order valence-electron chi connectivity index (χ3n) is 4.23. The van der Waals surface area contributed by atoms with E-state index in [0.717, 1.165) is 34.9 Å². The third-order valence-corrected chi connectivity index (χ3v) is 4.23. The molecule has 128 valence electrons. The Bertz CT molecular complexity index is 976. The SMILES string of the molecule is CCc1cccc(CC)c1-c1cc2cc(OC(C)=O)ccc2oc1=O. The second kappa shape index (κ2) is 6.93. The highest BCUT2D eigenvalue weighted by Gasteiger charge is 2.15. The van der Waals surface area contributed by atoms with Gasteiger partial charge in [-0.2, -0.15) is 0 Å². The Morgan fingerprint density at radius 3 is 2.32 bits per heavy atom. The minimum absolute atomic E-state index is 0.358. The highest BCUT2D eigenvalue weighted by Crippen LogP contribution is 2.30. The molecule has 25 heavy (non-hydrogen) atoms. The van der Waals surface area contributed by atoms with Crippen molar-refractivity contribution in [1.82, 2.24) is 0 Å². The summed E-state index contributed by atoms with van der Waals surface area (Å²) in [5.74, 6) is 0.0424. The van der Waals surface area contributed by atoms with Gasteiger partial charge in [-0.25, -0.2) is 4.79 Å². The van der Waals surface area contributed by atoms with Crippen LogP contribution in [0.2, 0.25) is 0 Å². The molecule has 0 unspecified atom stereocenters. The molecule has 0 aliphatic carbocycles. The molecule has 0 fully saturated rings. The van der Waals surface area contributed by atoms with E-state index in [1.807, 2.05) is 24.3 Å². The van der Waals surface area contributed by atoms with Crippen molar-refractivity contribution in [3.63, 3.8) is 0 Å². The van der Waals surface area contributed by atoms with E-state index in [4.69, 9.17) is 9.15 Å². The number of rotatable bonds is 4. The Hall–Kier alpha value is -2.88. The molecule has 0 bridgehead atoms. The first-order valence-electron chi connectivity index (χ1n) is 8.41. The van der Waals surface area contributed by atoms with Gasteiger partial charge >= 0.3 is 11.6 Å². The van der Waals surface area contributed by atoms with Crippen LogP contribution in [0.15, 0.2) is 51.7 Å². The fraction of sp³-hybridized carbons (Fsp3) is 0.238. The lowest BCUT2D eigenvalue weighted by Gasteiger charge is -2.13. The van der Waals surface area contributed by atoms with Gasteiger partial charge in [0.2, 0.25) is 0 Å². The molecule has 0 spiro atoms. The van der Waals surface area contributed by atoms with Crippen LogP contribution in [0.1, 0.15) is 31.9 Å². The number of carbonyl (C=O) groups excluding carboxylic acids is 1. The van der Waals surface area contributed by atoms with Crippen LogP contribution in [-0.2, 0) is 17.6 Å². The Balaban J connectivity index is 2.25. The van der Waals surface area contributed by atoms with E-state index >= 15 is 0 Å². The van der Waals surface area contributed by atoms with E-state index in [9.17, 15) is 9.59 Å². The predicted molar refractivity (Wildman–Crippen MR) is 98.0 cm³/mol. The molecule has 1 heterocycles. The average Bonchev–Trinajstić information content (AvgIpc) is 2.60. The molecule has 2 aromatic carbocycles. The number of fused-ring (bicyclic) bond motifs is 1. The molecule has 3 rings (SSSR count). The van der Waals surface area contributed by atoms with Crippen LogP contribution in [0.3, 0.4) is 0 Å². The van der Waals surface area contributed by atoms with Gasteiger partial charge in [0.15, 0.2) is 0 Å². The van der Waals surface area contributed by atoms with Crippen molar-refractivity contribution in [2.24, 2.45) is 0 Å². The van der Waals surface area contributed by atoms with E-state index in [-0.39, 0.29) is 11.6 Å². The summed E-state index contributed by atoms with van der Waals surface area (Å²) in [5, 5.41) is 0.723. The lowest BCUT2D eigenvalue weighted by Crippen LogP contribution is -2.07. The predicted octanol–water partition coefficient (Wildman–Crippen LogP) is 4.51. The highest BCUT2D eigenvalue weighted by molar-refractivity contribution is 5.85. The van der Waals surface area contributed by atoms with Gasteiger partial charge in [-0.1, -0.05) is 32.0 Å². The molecule has 0 aliphatic rings. The first-order valence-corrected chi connectivity index (χ1v) is 8.41. The zero-order valence-corrected chi connectivity index (χ0v) is 14.6. The molecule has 0 aliphatic heterocycles. The fourth-order valence-corrected chi connectivity index (χ4v) is 3.09. The second-order valence-corrected chi connectivity index (χ2v) is 5.90. The molecule has 0 N–H and O–H groups in total. The number of aryl methyl sites for hydroxylation is 2. The van der Waals surface area contributed by atoms with Gasteiger partial charge in [-0.15, -0.1) is 0 Å². The number of hydrogen-bond donors (Lipinski definition) is 0. The number of hydrogen-bond acceptors (Lipinski definition) is 4. The van der Waals surface area contributed by atoms with Crippen LogP contribution < -0.4 is 10.4 Å². The molecule has 0 atom stereocenters. The largest absolute Gasteiger partial charge is 0.427 e. The summed E-state index contributed by atoms with van der Waals surface area (Å²) in [7, 11) is 0.